The van der Waals surface area contributed by atoms with Gasteiger partial charge in [0.05, 0.1) is 0 Å². The van der Waals surface area contributed by atoms with Crippen LogP contribution in [0.2, 0.25) is 0 Å². The molecule has 0 bridgehead atoms. The van der Waals surface area contributed by atoms with Crippen molar-refractivity contribution < 1.29 is 9.59 Å². The van der Waals surface area contributed by atoms with Gasteiger partial charge in [0.1, 0.15) is 0 Å². The lowest BCUT2D eigenvalue weighted by molar-refractivity contribution is 0.0958. The number of hydrogen-bond donors (Lipinski definition) is 1. The van der Waals surface area contributed by atoms with Crippen LogP contribution in [0.5, 0.6) is 0 Å². The Morgan fingerprint density at radius 2 is 1.89 bits per heavy atom. The van der Waals surface area contributed by atoms with E-state index in [-0.39, 0.29) is 11.9 Å². The maximum Gasteiger partial charge on any atom is 0.324 e. The average molecular weight is 363 g/mol. The van der Waals surface area contributed by atoms with Crippen LogP contribution in [0.25, 0.3) is 0 Å². The Bertz CT molecular complexity index is 830. The number of hydrogen-bond acceptors (Lipinski definition) is 2. The summed E-state index contributed by atoms with van der Waals surface area (Å²) in [6, 6.07) is 15.3. The van der Waals surface area contributed by atoms with E-state index in [0.717, 1.165) is 18.7 Å². The maximum atomic E-state index is 13.0. The number of anilines is 1. The molecule has 0 radical (unpaired) electrons. The second kappa shape index (κ2) is 8.54. The van der Waals surface area contributed by atoms with E-state index >= 15 is 0 Å². The van der Waals surface area contributed by atoms with Crippen molar-refractivity contribution >= 4 is 17.6 Å². The molecule has 0 aliphatic carbocycles. The topological polar surface area (TPSA) is 52.7 Å². The first-order valence-corrected chi connectivity index (χ1v) is 9.20. The van der Waals surface area contributed by atoms with Crippen molar-refractivity contribution in [2.45, 2.75) is 19.9 Å². The molecule has 0 aromatic heterocycles. The molecular formula is C22H25N3O2. The minimum absolute atomic E-state index is 0.00774. The van der Waals surface area contributed by atoms with Gasteiger partial charge < -0.3 is 10.2 Å². The van der Waals surface area contributed by atoms with E-state index in [0.29, 0.717) is 25.2 Å². The Morgan fingerprint density at radius 3 is 2.59 bits per heavy atom. The van der Waals surface area contributed by atoms with Crippen LogP contribution < -0.4 is 10.2 Å². The molecule has 1 heterocycles. The summed E-state index contributed by atoms with van der Waals surface area (Å²) < 4.78 is 0. The Morgan fingerprint density at radius 1 is 1.15 bits per heavy atom. The molecule has 3 amide bonds. The quantitative estimate of drug-likeness (QED) is 0.795. The van der Waals surface area contributed by atoms with E-state index in [9.17, 15) is 9.59 Å². The van der Waals surface area contributed by atoms with Gasteiger partial charge in [-0.05, 0) is 48.7 Å². The van der Waals surface area contributed by atoms with Crippen molar-refractivity contribution in [2.75, 3.05) is 24.5 Å². The lowest BCUT2D eigenvalue weighted by atomic mass is 10.1. The number of aryl methyl sites for hydroxylation is 1. The fraction of sp³-hybridized carbons (Fsp3) is 0.273. The summed E-state index contributed by atoms with van der Waals surface area (Å²) in [6.07, 6.45) is 2.56. The van der Waals surface area contributed by atoms with E-state index < -0.39 is 0 Å². The summed E-state index contributed by atoms with van der Waals surface area (Å²) in [7, 11) is 0. The van der Waals surface area contributed by atoms with Gasteiger partial charge >= 0.3 is 6.03 Å². The Labute approximate surface area is 160 Å². The van der Waals surface area contributed by atoms with E-state index in [2.05, 4.69) is 31.0 Å². The highest BCUT2D eigenvalue weighted by atomic mass is 16.2. The van der Waals surface area contributed by atoms with Crippen molar-refractivity contribution in [2.24, 2.45) is 0 Å². The normalized spacial score (nSPS) is 14.2. The molecule has 0 spiro atoms. The molecule has 1 aliphatic rings. The second-order valence-electron chi connectivity index (χ2n) is 6.68. The monoisotopic (exact) mass is 363 g/mol. The molecule has 3 rings (SSSR count). The van der Waals surface area contributed by atoms with Gasteiger partial charge in [-0.3, -0.25) is 9.69 Å². The molecule has 0 atom stereocenters. The van der Waals surface area contributed by atoms with Crippen LogP contribution in [0.3, 0.4) is 0 Å². The number of carbonyl (C=O) groups is 2. The molecule has 27 heavy (non-hydrogen) atoms. The number of amides is 3. The largest absolute Gasteiger partial charge is 0.349 e. The maximum absolute atomic E-state index is 13.0. The standard InChI is InChI=1S/C22H25N3O2/c1-3-13-23-21(26)18-9-11-20(12-10-18)25-15-6-14-24(22(25)27)16-19-8-5-4-7-17(19)2/h3-5,7-12H,1,6,13-16H2,2H3,(H,23,26). The van der Waals surface area contributed by atoms with Gasteiger partial charge in [-0.1, -0.05) is 30.3 Å². The molecule has 140 valence electrons. The van der Waals surface area contributed by atoms with Crippen molar-refractivity contribution in [3.8, 4) is 0 Å². The van der Waals surface area contributed by atoms with Gasteiger partial charge in [0.2, 0.25) is 0 Å². The number of carbonyl (C=O) groups excluding carboxylic acids is 2. The van der Waals surface area contributed by atoms with Crippen molar-refractivity contribution in [3.05, 3.63) is 77.9 Å². The number of rotatable bonds is 6. The van der Waals surface area contributed by atoms with Crippen molar-refractivity contribution in [3.63, 3.8) is 0 Å². The van der Waals surface area contributed by atoms with Crippen molar-refractivity contribution in [1.29, 1.82) is 0 Å². The molecule has 0 saturated carbocycles. The minimum Gasteiger partial charge on any atom is -0.349 e. The Kier molecular flexibility index (Phi) is 5.91. The van der Waals surface area contributed by atoms with Crippen LogP contribution in [0.15, 0.2) is 61.2 Å². The zero-order valence-electron chi connectivity index (χ0n) is 15.6. The third-order valence-electron chi connectivity index (χ3n) is 4.78. The molecule has 1 N–H and O–H groups in total. The van der Waals surface area contributed by atoms with Gasteiger partial charge in [0, 0.05) is 37.4 Å². The molecule has 2 aromatic carbocycles. The number of benzene rings is 2. The first kappa shape index (κ1) is 18.7. The predicted molar refractivity (Wildman–Crippen MR) is 108 cm³/mol. The first-order chi connectivity index (χ1) is 13.1. The molecule has 1 fully saturated rings. The third-order valence-corrected chi connectivity index (χ3v) is 4.78. The molecule has 1 aliphatic heterocycles. The molecule has 5 heteroatoms. The minimum atomic E-state index is -0.146. The fourth-order valence-corrected chi connectivity index (χ4v) is 3.22. The van der Waals surface area contributed by atoms with Crippen LogP contribution in [0.1, 0.15) is 27.9 Å². The summed E-state index contributed by atoms with van der Waals surface area (Å²) in [6.45, 7) is 8.14. The second-order valence-corrected chi connectivity index (χ2v) is 6.68. The summed E-state index contributed by atoms with van der Waals surface area (Å²) in [5, 5.41) is 2.75. The van der Waals surface area contributed by atoms with Crippen LogP contribution in [0.4, 0.5) is 10.5 Å². The van der Waals surface area contributed by atoms with Crippen LogP contribution in [-0.2, 0) is 6.54 Å². The number of nitrogens with zero attached hydrogens (tertiary/aromatic N) is 2. The van der Waals surface area contributed by atoms with Crippen LogP contribution in [0, 0.1) is 6.92 Å². The SMILES string of the molecule is C=CCNC(=O)c1ccc(N2CCCN(Cc3ccccc3C)C2=O)cc1. The summed E-state index contributed by atoms with van der Waals surface area (Å²) in [5.74, 6) is -0.146. The zero-order valence-corrected chi connectivity index (χ0v) is 15.6. The molecule has 0 unspecified atom stereocenters. The average Bonchev–Trinajstić information content (AvgIpc) is 2.69. The highest BCUT2D eigenvalue weighted by Gasteiger charge is 2.27. The van der Waals surface area contributed by atoms with Crippen molar-refractivity contribution in [1.82, 2.24) is 10.2 Å². The lowest BCUT2D eigenvalue weighted by Crippen LogP contribution is -2.49. The highest BCUT2D eigenvalue weighted by molar-refractivity contribution is 5.96. The fourth-order valence-electron chi connectivity index (χ4n) is 3.22. The predicted octanol–water partition coefficient (Wildman–Crippen LogP) is 3.74. The van der Waals surface area contributed by atoms with Crippen LogP contribution in [-0.4, -0.2) is 36.5 Å². The van der Waals surface area contributed by atoms with E-state index in [1.807, 2.05) is 29.2 Å². The Hall–Kier alpha value is -3.08. The molecule has 5 nitrogen and oxygen atoms in total. The van der Waals surface area contributed by atoms with E-state index in [1.54, 1.807) is 23.1 Å². The van der Waals surface area contributed by atoms with E-state index in [4.69, 9.17) is 0 Å². The lowest BCUT2D eigenvalue weighted by Gasteiger charge is -2.36. The van der Waals surface area contributed by atoms with Gasteiger partial charge in [0.15, 0.2) is 0 Å². The van der Waals surface area contributed by atoms with E-state index in [1.165, 1.54) is 11.1 Å². The van der Waals surface area contributed by atoms with Gasteiger partial charge in [0.25, 0.3) is 5.91 Å². The summed E-state index contributed by atoms with van der Waals surface area (Å²) >= 11 is 0. The highest BCUT2D eigenvalue weighted by Crippen LogP contribution is 2.22. The van der Waals surface area contributed by atoms with Crippen LogP contribution >= 0.6 is 0 Å². The van der Waals surface area contributed by atoms with Gasteiger partial charge in [-0.25, -0.2) is 4.79 Å². The molecule has 1 saturated heterocycles. The first-order valence-electron chi connectivity index (χ1n) is 9.20. The zero-order chi connectivity index (χ0) is 19.2. The number of urea groups is 1. The summed E-state index contributed by atoms with van der Waals surface area (Å²) in [4.78, 5) is 28.6. The van der Waals surface area contributed by atoms with Gasteiger partial charge in [-0.2, -0.15) is 0 Å². The number of nitrogens with one attached hydrogen (secondary N) is 1. The third kappa shape index (κ3) is 4.37. The smallest absolute Gasteiger partial charge is 0.324 e. The molecular weight excluding hydrogens is 338 g/mol. The summed E-state index contributed by atoms with van der Waals surface area (Å²) in [5.41, 5.74) is 3.75. The molecule has 2 aromatic rings. The van der Waals surface area contributed by atoms with Gasteiger partial charge in [-0.15, -0.1) is 6.58 Å². The Balaban J connectivity index is 1.71.